The highest BCUT2D eigenvalue weighted by atomic mass is 32.2. The SMILES string of the molecule is CCNC(Cc1cccnc1N)C1CSCCO1. The smallest absolute Gasteiger partial charge is 0.126 e. The van der Waals surface area contributed by atoms with Gasteiger partial charge in [0.05, 0.1) is 12.7 Å². The minimum absolute atomic E-state index is 0.267. The number of nitrogen functional groups attached to an aromatic ring is 1. The second kappa shape index (κ2) is 6.97. The van der Waals surface area contributed by atoms with Crippen molar-refractivity contribution in [2.75, 3.05) is 30.4 Å². The highest BCUT2D eigenvalue weighted by molar-refractivity contribution is 7.99. The van der Waals surface area contributed by atoms with Gasteiger partial charge in [0.15, 0.2) is 0 Å². The van der Waals surface area contributed by atoms with E-state index >= 15 is 0 Å². The summed E-state index contributed by atoms with van der Waals surface area (Å²) >= 11 is 1.96. The number of thioether (sulfide) groups is 1. The molecular weight excluding hydrogens is 246 g/mol. The monoisotopic (exact) mass is 267 g/mol. The quantitative estimate of drug-likeness (QED) is 0.842. The molecule has 1 aromatic rings. The Bertz CT molecular complexity index is 369. The van der Waals surface area contributed by atoms with Crippen LogP contribution >= 0.6 is 11.8 Å². The van der Waals surface area contributed by atoms with Gasteiger partial charge in [-0.1, -0.05) is 13.0 Å². The first-order valence-electron chi connectivity index (χ1n) is 6.43. The second-order valence-electron chi connectivity index (χ2n) is 4.40. The Morgan fingerprint density at radius 3 is 3.22 bits per heavy atom. The van der Waals surface area contributed by atoms with Crippen LogP contribution in [0.25, 0.3) is 0 Å². The zero-order valence-electron chi connectivity index (χ0n) is 10.8. The highest BCUT2D eigenvalue weighted by Crippen LogP contribution is 2.19. The van der Waals surface area contributed by atoms with Crippen LogP contribution in [0.15, 0.2) is 18.3 Å². The number of hydrogen-bond donors (Lipinski definition) is 2. The lowest BCUT2D eigenvalue weighted by atomic mass is 10.0. The van der Waals surface area contributed by atoms with E-state index < -0.39 is 0 Å². The predicted octanol–water partition coefficient (Wildman–Crippen LogP) is 1.32. The molecule has 1 fully saturated rings. The first-order chi connectivity index (χ1) is 8.81. The van der Waals surface area contributed by atoms with Crippen molar-refractivity contribution in [1.29, 1.82) is 0 Å². The van der Waals surface area contributed by atoms with Crippen molar-refractivity contribution in [3.8, 4) is 0 Å². The van der Waals surface area contributed by atoms with E-state index in [0.717, 1.165) is 36.6 Å². The minimum atomic E-state index is 0.267. The third kappa shape index (κ3) is 3.60. The van der Waals surface area contributed by atoms with Crippen LogP contribution < -0.4 is 11.1 Å². The molecule has 2 unspecified atom stereocenters. The van der Waals surface area contributed by atoms with Gasteiger partial charge in [-0.2, -0.15) is 11.8 Å². The van der Waals surface area contributed by atoms with Gasteiger partial charge >= 0.3 is 0 Å². The summed E-state index contributed by atoms with van der Waals surface area (Å²) in [6.07, 6.45) is 2.87. The van der Waals surface area contributed by atoms with Crippen molar-refractivity contribution in [1.82, 2.24) is 10.3 Å². The molecule has 0 saturated carbocycles. The molecule has 0 amide bonds. The van der Waals surface area contributed by atoms with E-state index in [9.17, 15) is 0 Å². The van der Waals surface area contributed by atoms with Gasteiger partial charge in [0, 0.05) is 23.7 Å². The Hall–Kier alpha value is -0.780. The fourth-order valence-corrected chi connectivity index (χ4v) is 3.14. The molecule has 100 valence electrons. The van der Waals surface area contributed by atoms with Gasteiger partial charge in [-0.3, -0.25) is 0 Å². The van der Waals surface area contributed by atoms with Gasteiger partial charge in [-0.05, 0) is 24.6 Å². The molecule has 0 bridgehead atoms. The number of nitrogens with one attached hydrogen (secondary N) is 1. The van der Waals surface area contributed by atoms with Gasteiger partial charge in [0.1, 0.15) is 5.82 Å². The van der Waals surface area contributed by atoms with Gasteiger partial charge < -0.3 is 15.8 Å². The molecule has 3 N–H and O–H groups in total. The van der Waals surface area contributed by atoms with Crippen molar-refractivity contribution in [3.05, 3.63) is 23.9 Å². The number of aromatic nitrogens is 1. The van der Waals surface area contributed by atoms with E-state index in [4.69, 9.17) is 10.5 Å². The molecule has 1 aliphatic rings. The molecule has 1 saturated heterocycles. The molecule has 4 nitrogen and oxygen atoms in total. The molecule has 0 aromatic carbocycles. The molecule has 0 radical (unpaired) electrons. The maximum absolute atomic E-state index is 5.91. The van der Waals surface area contributed by atoms with Crippen molar-refractivity contribution < 1.29 is 4.74 Å². The summed E-state index contributed by atoms with van der Waals surface area (Å²) in [5.41, 5.74) is 7.01. The lowest BCUT2D eigenvalue weighted by molar-refractivity contribution is 0.0476. The lowest BCUT2D eigenvalue weighted by Crippen LogP contribution is -2.46. The number of nitrogens with zero attached hydrogens (tertiary/aromatic N) is 1. The van der Waals surface area contributed by atoms with Crippen LogP contribution in [0.1, 0.15) is 12.5 Å². The summed E-state index contributed by atoms with van der Waals surface area (Å²) < 4.78 is 5.86. The summed E-state index contributed by atoms with van der Waals surface area (Å²) in [4.78, 5) is 4.14. The molecule has 2 heterocycles. The standard InChI is InChI=1S/C13H21N3OS/c1-2-15-11(12-9-18-7-6-17-12)8-10-4-3-5-16-13(10)14/h3-5,11-12,15H,2,6-9H2,1H3,(H2,14,16). The largest absolute Gasteiger partial charge is 0.383 e. The summed E-state index contributed by atoms with van der Waals surface area (Å²) in [7, 11) is 0. The number of rotatable bonds is 5. The van der Waals surface area contributed by atoms with E-state index in [1.807, 2.05) is 23.9 Å². The minimum Gasteiger partial charge on any atom is -0.383 e. The maximum atomic E-state index is 5.91. The van der Waals surface area contributed by atoms with Crippen molar-refractivity contribution in [2.45, 2.75) is 25.5 Å². The fraction of sp³-hybridized carbons (Fsp3) is 0.615. The van der Waals surface area contributed by atoms with Gasteiger partial charge in [-0.25, -0.2) is 4.98 Å². The van der Waals surface area contributed by atoms with Crippen LogP contribution in [0.4, 0.5) is 5.82 Å². The van der Waals surface area contributed by atoms with Crippen LogP contribution in [-0.2, 0) is 11.2 Å². The van der Waals surface area contributed by atoms with E-state index in [2.05, 4.69) is 17.2 Å². The summed E-state index contributed by atoms with van der Waals surface area (Å²) in [5, 5.41) is 3.51. The summed E-state index contributed by atoms with van der Waals surface area (Å²) in [5.74, 6) is 2.78. The number of likely N-dealkylation sites (N-methyl/N-ethyl adjacent to an activating group) is 1. The Morgan fingerprint density at radius 1 is 1.67 bits per heavy atom. The predicted molar refractivity (Wildman–Crippen MR) is 76.9 cm³/mol. The van der Waals surface area contributed by atoms with Gasteiger partial charge in [0.25, 0.3) is 0 Å². The molecule has 0 spiro atoms. The van der Waals surface area contributed by atoms with E-state index in [-0.39, 0.29) is 6.10 Å². The second-order valence-corrected chi connectivity index (χ2v) is 5.55. The molecule has 5 heteroatoms. The number of hydrogen-bond acceptors (Lipinski definition) is 5. The molecule has 0 aliphatic carbocycles. The maximum Gasteiger partial charge on any atom is 0.126 e. The van der Waals surface area contributed by atoms with Crippen LogP contribution in [-0.4, -0.2) is 41.8 Å². The molecule has 1 aromatic heterocycles. The van der Waals surface area contributed by atoms with Crippen molar-refractivity contribution in [2.24, 2.45) is 0 Å². The normalized spacial score (nSPS) is 21.7. The lowest BCUT2D eigenvalue weighted by Gasteiger charge is -2.31. The van der Waals surface area contributed by atoms with E-state index in [1.165, 1.54) is 0 Å². The van der Waals surface area contributed by atoms with Crippen LogP contribution in [0.2, 0.25) is 0 Å². The van der Waals surface area contributed by atoms with E-state index in [0.29, 0.717) is 11.9 Å². The molecular formula is C13H21N3OS. The van der Waals surface area contributed by atoms with Gasteiger partial charge in [0.2, 0.25) is 0 Å². The number of anilines is 1. The Kier molecular flexibility index (Phi) is 5.28. The average Bonchev–Trinajstić information content (AvgIpc) is 2.42. The Morgan fingerprint density at radius 2 is 2.56 bits per heavy atom. The molecule has 1 aliphatic heterocycles. The summed E-state index contributed by atoms with van der Waals surface area (Å²) in [6, 6.07) is 4.29. The van der Waals surface area contributed by atoms with E-state index in [1.54, 1.807) is 6.20 Å². The molecule has 2 atom stereocenters. The van der Waals surface area contributed by atoms with Gasteiger partial charge in [-0.15, -0.1) is 0 Å². The first-order valence-corrected chi connectivity index (χ1v) is 7.58. The van der Waals surface area contributed by atoms with Crippen LogP contribution in [0.5, 0.6) is 0 Å². The zero-order valence-corrected chi connectivity index (χ0v) is 11.6. The van der Waals surface area contributed by atoms with Crippen molar-refractivity contribution >= 4 is 17.6 Å². The average molecular weight is 267 g/mol. The number of pyridine rings is 1. The first kappa shape index (κ1) is 13.6. The van der Waals surface area contributed by atoms with Crippen molar-refractivity contribution in [3.63, 3.8) is 0 Å². The highest BCUT2D eigenvalue weighted by Gasteiger charge is 2.25. The fourth-order valence-electron chi connectivity index (χ4n) is 2.20. The topological polar surface area (TPSA) is 60.2 Å². The third-order valence-electron chi connectivity index (χ3n) is 3.12. The zero-order chi connectivity index (χ0) is 12.8. The number of nitrogens with two attached hydrogens (primary N) is 1. The molecule has 2 rings (SSSR count). The molecule has 18 heavy (non-hydrogen) atoms. The Labute approximate surface area is 113 Å². The Balaban J connectivity index is 2.03. The third-order valence-corrected chi connectivity index (χ3v) is 4.14. The van der Waals surface area contributed by atoms with Crippen LogP contribution in [0.3, 0.4) is 0 Å². The summed E-state index contributed by atoms with van der Waals surface area (Å²) in [6.45, 7) is 3.91. The van der Waals surface area contributed by atoms with Crippen LogP contribution in [0, 0.1) is 0 Å². The number of ether oxygens (including phenoxy) is 1.